The summed E-state index contributed by atoms with van der Waals surface area (Å²) in [5.41, 5.74) is 1.15. The second-order valence-electron chi connectivity index (χ2n) is 10.7. The first-order chi connectivity index (χ1) is 18.3. The van der Waals surface area contributed by atoms with Crippen LogP contribution >= 0.6 is 0 Å². The van der Waals surface area contributed by atoms with E-state index >= 15 is 0 Å². The van der Waals surface area contributed by atoms with E-state index in [1.807, 2.05) is 13.8 Å². The van der Waals surface area contributed by atoms with Crippen molar-refractivity contribution in [1.29, 1.82) is 0 Å². The van der Waals surface area contributed by atoms with Gasteiger partial charge in [-0.15, -0.1) is 0 Å². The number of aliphatic carboxylic acids is 1. The van der Waals surface area contributed by atoms with Crippen LogP contribution < -0.4 is 67.1 Å². The first kappa shape index (κ1) is 34.6. The number of benzene rings is 1. The summed E-state index contributed by atoms with van der Waals surface area (Å²) in [6, 6.07) is 6.17. The molecule has 2 fully saturated rings. The van der Waals surface area contributed by atoms with Crippen LogP contribution in [-0.2, 0) is 30.2 Å². The molecule has 2 aliphatic heterocycles. The van der Waals surface area contributed by atoms with E-state index in [0.29, 0.717) is 17.9 Å². The van der Waals surface area contributed by atoms with Crippen molar-refractivity contribution in [2.45, 2.75) is 122 Å². The molecule has 2 aliphatic rings. The van der Waals surface area contributed by atoms with Crippen molar-refractivity contribution in [2.75, 3.05) is 18.5 Å². The van der Waals surface area contributed by atoms with Crippen LogP contribution in [0.2, 0.25) is 0 Å². The van der Waals surface area contributed by atoms with Gasteiger partial charge in [0.05, 0.1) is 0 Å². The molecular weight excluding hydrogens is 527 g/mol. The van der Waals surface area contributed by atoms with E-state index in [9.17, 15) is 14.7 Å². The van der Waals surface area contributed by atoms with E-state index < -0.39 is 30.2 Å². The zero-order valence-electron chi connectivity index (χ0n) is 24.2. The van der Waals surface area contributed by atoms with Gasteiger partial charge in [0.15, 0.2) is 12.1 Å². The third kappa shape index (κ3) is 12.5. The maximum atomic E-state index is 12.4. The summed E-state index contributed by atoms with van der Waals surface area (Å²) in [5.74, 6) is -1.89. The molecular formula is C29H45KN2O7. The number of hydrogen-bond donors (Lipinski definition) is 2. The molecule has 0 unspecified atom stereocenters. The van der Waals surface area contributed by atoms with Crippen molar-refractivity contribution in [3.05, 3.63) is 29.8 Å². The number of nitrogens with one attached hydrogen (secondary N) is 2. The minimum atomic E-state index is -1.15. The minimum Gasteiger partial charge on any atom is -0.550 e. The quantitative estimate of drug-likeness (QED) is 0.213. The van der Waals surface area contributed by atoms with Crippen LogP contribution in [0.25, 0.3) is 0 Å². The molecule has 2 saturated heterocycles. The van der Waals surface area contributed by atoms with Gasteiger partial charge in [-0.3, -0.25) is 0 Å². The number of carbonyl (C=O) groups excluding carboxylic acids is 2. The Morgan fingerprint density at radius 3 is 2.13 bits per heavy atom. The first-order valence-corrected chi connectivity index (χ1v) is 14.2. The molecule has 0 radical (unpaired) electrons. The van der Waals surface area contributed by atoms with Crippen LogP contribution in [0.15, 0.2) is 24.3 Å². The summed E-state index contributed by atoms with van der Waals surface area (Å²) in [5, 5.41) is 16.3. The summed E-state index contributed by atoms with van der Waals surface area (Å²) in [6.45, 7) is 6.81. The van der Waals surface area contributed by atoms with Crippen molar-refractivity contribution < 1.29 is 85.0 Å². The summed E-state index contributed by atoms with van der Waals surface area (Å²) in [6.07, 6.45) is 10.8. The summed E-state index contributed by atoms with van der Waals surface area (Å²) >= 11 is 0. The van der Waals surface area contributed by atoms with Gasteiger partial charge in [0.1, 0.15) is 18.3 Å². The molecule has 2 heterocycles. The zero-order chi connectivity index (χ0) is 27.4. The number of carboxylic acids is 1. The van der Waals surface area contributed by atoms with E-state index in [-0.39, 0.29) is 76.6 Å². The second kappa shape index (κ2) is 18.1. The van der Waals surface area contributed by atoms with E-state index in [4.69, 9.17) is 18.9 Å². The molecule has 0 aromatic heterocycles. The van der Waals surface area contributed by atoms with Gasteiger partial charge in [0.25, 0.3) is 0 Å². The Bertz CT molecular complexity index is 868. The fourth-order valence-corrected chi connectivity index (χ4v) is 4.97. The standard InChI is InChI=1S/C29H46N2O7.K/c1-4-5-6-7-8-9-10-11-12-13-18-35-27-26-25(37-29(2,3)38-26)23(36-27)20-30-28(34)31-22-16-14-21(15-17-22)19-24(32)33;/h14-17,23,25-27H,4-13,18-20H2,1-3H3,(H,32,33)(H2,30,31,34);/q;+1/p-1/t23-,25+,26+,27+;/m1./s1. The summed E-state index contributed by atoms with van der Waals surface area (Å²) < 4.78 is 24.3. The molecule has 4 atom stereocenters. The molecule has 0 aliphatic carbocycles. The van der Waals surface area contributed by atoms with Gasteiger partial charge in [-0.2, -0.15) is 0 Å². The second-order valence-corrected chi connectivity index (χ2v) is 10.7. The fraction of sp³-hybridized carbons (Fsp3) is 0.724. The fourth-order valence-electron chi connectivity index (χ4n) is 4.97. The van der Waals surface area contributed by atoms with Crippen LogP contribution in [0, 0.1) is 0 Å². The van der Waals surface area contributed by atoms with Gasteiger partial charge in [0, 0.05) is 31.2 Å². The number of carboxylic acid groups (broad SMARTS) is 1. The molecule has 10 heteroatoms. The Morgan fingerprint density at radius 2 is 1.51 bits per heavy atom. The molecule has 9 nitrogen and oxygen atoms in total. The summed E-state index contributed by atoms with van der Waals surface area (Å²) in [4.78, 5) is 23.1. The van der Waals surface area contributed by atoms with Crippen LogP contribution in [0.1, 0.15) is 90.5 Å². The van der Waals surface area contributed by atoms with Crippen LogP contribution in [0.5, 0.6) is 0 Å². The van der Waals surface area contributed by atoms with Gasteiger partial charge >= 0.3 is 57.4 Å². The van der Waals surface area contributed by atoms with Crippen molar-refractivity contribution in [3.63, 3.8) is 0 Å². The molecule has 0 bridgehead atoms. The molecule has 2 N–H and O–H groups in total. The number of carbonyl (C=O) groups is 2. The number of hydrogen-bond acceptors (Lipinski definition) is 7. The number of anilines is 1. The van der Waals surface area contributed by atoms with Crippen molar-refractivity contribution >= 4 is 17.7 Å². The SMILES string of the molecule is CCCCCCCCCCCCO[C@H]1O[C@H](CNC(=O)Nc2ccc(CC(=O)[O-])cc2)[C@@H]2OC(C)(C)O[C@H]12.[K+]. The molecule has 1 aromatic rings. The topological polar surface area (TPSA) is 118 Å². The number of amides is 2. The molecule has 2 amide bonds. The molecule has 0 spiro atoms. The monoisotopic (exact) mass is 572 g/mol. The molecule has 39 heavy (non-hydrogen) atoms. The van der Waals surface area contributed by atoms with Crippen molar-refractivity contribution in [3.8, 4) is 0 Å². The normalized spacial score (nSPS) is 23.2. The molecule has 214 valence electrons. The van der Waals surface area contributed by atoms with E-state index in [2.05, 4.69) is 17.6 Å². The van der Waals surface area contributed by atoms with Crippen LogP contribution in [-0.4, -0.2) is 55.5 Å². The average molecular weight is 573 g/mol. The minimum absolute atomic E-state index is 0. The Balaban J connectivity index is 0.00000533. The predicted octanol–water partition coefficient (Wildman–Crippen LogP) is 1.29. The van der Waals surface area contributed by atoms with Crippen LogP contribution in [0.3, 0.4) is 0 Å². The zero-order valence-corrected chi connectivity index (χ0v) is 27.3. The number of unbranched alkanes of at least 4 members (excludes halogenated alkanes) is 9. The number of rotatable bonds is 17. The third-order valence-corrected chi connectivity index (χ3v) is 6.91. The third-order valence-electron chi connectivity index (χ3n) is 6.91. The summed E-state index contributed by atoms with van der Waals surface area (Å²) in [7, 11) is 0. The van der Waals surface area contributed by atoms with Crippen molar-refractivity contribution in [2.24, 2.45) is 0 Å². The van der Waals surface area contributed by atoms with Gasteiger partial charge in [-0.25, -0.2) is 4.79 Å². The Morgan fingerprint density at radius 1 is 0.923 bits per heavy atom. The smallest absolute Gasteiger partial charge is 0.550 e. The maximum absolute atomic E-state index is 12.4. The molecule has 1 aromatic carbocycles. The average Bonchev–Trinajstić information content (AvgIpc) is 3.35. The van der Waals surface area contributed by atoms with Gasteiger partial charge in [-0.05, 0) is 38.0 Å². The number of fused-ring (bicyclic) bond motifs is 1. The van der Waals surface area contributed by atoms with E-state index in [1.54, 1.807) is 24.3 Å². The van der Waals surface area contributed by atoms with Crippen molar-refractivity contribution in [1.82, 2.24) is 5.32 Å². The van der Waals surface area contributed by atoms with Gasteiger partial charge < -0.3 is 39.5 Å². The Kier molecular flexibility index (Phi) is 16.1. The van der Waals surface area contributed by atoms with E-state index in [1.165, 1.54) is 51.4 Å². The molecule has 0 saturated carbocycles. The number of urea groups is 1. The number of ether oxygens (including phenoxy) is 4. The Hall–Kier alpha value is -0.564. The first-order valence-electron chi connectivity index (χ1n) is 14.2. The Labute approximate surface area is 275 Å². The predicted molar refractivity (Wildman–Crippen MR) is 142 cm³/mol. The van der Waals surface area contributed by atoms with Crippen LogP contribution in [0.4, 0.5) is 10.5 Å². The van der Waals surface area contributed by atoms with E-state index in [0.717, 1.165) is 12.8 Å². The van der Waals surface area contributed by atoms with Gasteiger partial charge in [-0.1, -0.05) is 76.8 Å². The maximum Gasteiger partial charge on any atom is 1.00 e. The molecule has 3 rings (SSSR count). The largest absolute Gasteiger partial charge is 1.00 e. The van der Waals surface area contributed by atoms with Gasteiger partial charge in [0.2, 0.25) is 0 Å².